The Balaban J connectivity index is 1.59. The monoisotopic (exact) mass is 424 g/mol. The number of piperidine rings is 1. The first-order chi connectivity index (χ1) is 14.6. The summed E-state index contributed by atoms with van der Waals surface area (Å²) in [6.45, 7) is 3.37. The third-order valence-electron chi connectivity index (χ3n) is 6.02. The summed E-state index contributed by atoms with van der Waals surface area (Å²) < 4.78 is 7.32. The van der Waals surface area contributed by atoms with Crippen LogP contribution >= 0.6 is 11.3 Å². The second kappa shape index (κ2) is 9.04. The van der Waals surface area contributed by atoms with Gasteiger partial charge in [-0.25, -0.2) is 0 Å². The topological polar surface area (TPSA) is 51.5 Å². The van der Waals surface area contributed by atoms with Gasteiger partial charge < -0.3 is 14.2 Å². The van der Waals surface area contributed by atoms with Crippen molar-refractivity contribution in [3.63, 3.8) is 0 Å². The maximum atomic E-state index is 13.3. The molecule has 6 heteroatoms. The predicted molar refractivity (Wildman–Crippen MR) is 120 cm³/mol. The van der Waals surface area contributed by atoms with Crippen molar-refractivity contribution in [2.75, 3.05) is 19.7 Å². The molecule has 4 rings (SSSR count). The summed E-state index contributed by atoms with van der Waals surface area (Å²) in [5.41, 5.74) is 3.52. The van der Waals surface area contributed by atoms with E-state index in [4.69, 9.17) is 4.74 Å². The van der Waals surface area contributed by atoms with Gasteiger partial charge in [0.15, 0.2) is 0 Å². The Morgan fingerprint density at radius 3 is 2.87 bits per heavy atom. The highest BCUT2D eigenvalue weighted by atomic mass is 32.1. The number of nitrogens with zero attached hydrogens (tertiary/aromatic N) is 2. The highest BCUT2D eigenvalue weighted by Gasteiger charge is 2.31. The minimum Gasteiger partial charge on any atom is -0.466 e. The Bertz CT molecular complexity index is 1020. The molecule has 1 amide bonds. The molecule has 1 fully saturated rings. The molecule has 3 heterocycles. The number of esters is 1. The number of ether oxygens (including phenoxy) is 1. The lowest BCUT2D eigenvalue weighted by Gasteiger charge is -2.32. The summed E-state index contributed by atoms with van der Waals surface area (Å²) in [5.74, 6) is -0.288. The first-order valence-electron chi connectivity index (χ1n) is 10.6. The van der Waals surface area contributed by atoms with Gasteiger partial charge in [-0.1, -0.05) is 18.2 Å². The molecule has 5 nitrogen and oxygen atoms in total. The SMILES string of the molecule is CCOC(=O)C1CCCN(C(=O)CC(c2ccsc2)c2cn(C)c3ccccc23)C1. The van der Waals surface area contributed by atoms with Crippen molar-refractivity contribution in [1.29, 1.82) is 0 Å². The molecule has 0 N–H and O–H groups in total. The van der Waals surface area contributed by atoms with Crippen LogP contribution in [0, 0.1) is 5.92 Å². The Morgan fingerprint density at radius 2 is 2.10 bits per heavy atom. The van der Waals surface area contributed by atoms with E-state index in [1.165, 1.54) is 22.0 Å². The number of benzene rings is 1. The molecular formula is C24H28N2O3S. The van der Waals surface area contributed by atoms with E-state index in [9.17, 15) is 9.59 Å². The van der Waals surface area contributed by atoms with Crippen molar-refractivity contribution in [3.8, 4) is 0 Å². The number of likely N-dealkylation sites (tertiary alicyclic amines) is 1. The maximum absolute atomic E-state index is 13.3. The van der Waals surface area contributed by atoms with Gasteiger partial charge in [-0.05, 0) is 53.8 Å². The van der Waals surface area contributed by atoms with Crippen molar-refractivity contribution in [2.45, 2.75) is 32.1 Å². The van der Waals surface area contributed by atoms with Gasteiger partial charge >= 0.3 is 5.97 Å². The highest BCUT2D eigenvalue weighted by molar-refractivity contribution is 7.08. The summed E-state index contributed by atoms with van der Waals surface area (Å²) in [7, 11) is 2.05. The minimum absolute atomic E-state index is 0.00202. The van der Waals surface area contributed by atoms with Gasteiger partial charge in [0.1, 0.15) is 0 Å². The van der Waals surface area contributed by atoms with E-state index in [0.29, 0.717) is 26.1 Å². The van der Waals surface area contributed by atoms with Gasteiger partial charge in [-0.15, -0.1) is 0 Å². The van der Waals surface area contributed by atoms with E-state index in [1.807, 2.05) is 31.0 Å². The highest BCUT2D eigenvalue weighted by Crippen LogP contribution is 2.36. The zero-order valence-corrected chi connectivity index (χ0v) is 18.4. The molecule has 2 atom stereocenters. The number of aromatic nitrogens is 1. The molecule has 0 aliphatic carbocycles. The zero-order valence-electron chi connectivity index (χ0n) is 17.5. The van der Waals surface area contributed by atoms with E-state index in [0.717, 1.165) is 12.8 Å². The average molecular weight is 425 g/mol. The molecule has 1 saturated heterocycles. The standard InChI is InChI=1S/C24H28N2O3S/c1-3-29-24(28)17-7-6-11-26(14-17)23(27)13-20(18-10-12-30-16-18)21-15-25(2)22-9-5-4-8-19(21)22/h4-5,8-10,12,15-17,20H,3,6-7,11,13-14H2,1-2H3. The zero-order chi connectivity index (χ0) is 21.1. The van der Waals surface area contributed by atoms with Crippen LogP contribution in [0.5, 0.6) is 0 Å². The number of carbonyl (C=O) groups is 2. The van der Waals surface area contributed by atoms with Crippen LogP contribution in [0.2, 0.25) is 0 Å². The largest absolute Gasteiger partial charge is 0.466 e. The van der Waals surface area contributed by atoms with Crippen molar-refractivity contribution >= 4 is 34.1 Å². The van der Waals surface area contributed by atoms with Crippen molar-refractivity contribution in [2.24, 2.45) is 13.0 Å². The van der Waals surface area contributed by atoms with E-state index in [1.54, 1.807) is 11.3 Å². The fourth-order valence-corrected chi connectivity index (χ4v) is 5.21. The molecule has 1 aliphatic heterocycles. The molecular weight excluding hydrogens is 396 g/mol. The molecule has 0 radical (unpaired) electrons. The first-order valence-corrected chi connectivity index (χ1v) is 11.5. The van der Waals surface area contributed by atoms with Gasteiger partial charge in [0.2, 0.25) is 5.91 Å². The van der Waals surface area contributed by atoms with Gasteiger partial charge in [-0.3, -0.25) is 9.59 Å². The van der Waals surface area contributed by atoms with Crippen molar-refractivity contribution in [1.82, 2.24) is 9.47 Å². The Kier molecular flexibility index (Phi) is 6.23. The smallest absolute Gasteiger partial charge is 0.310 e. The normalized spacial score (nSPS) is 17.8. The minimum atomic E-state index is -0.209. The third kappa shape index (κ3) is 4.15. The molecule has 0 saturated carbocycles. The number of hydrogen-bond donors (Lipinski definition) is 0. The molecule has 2 aromatic heterocycles. The first kappa shape index (κ1) is 20.7. The quantitative estimate of drug-likeness (QED) is 0.545. The molecule has 1 aromatic carbocycles. The lowest BCUT2D eigenvalue weighted by atomic mass is 9.89. The van der Waals surface area contributed by atoms with Crippen LogP contribution in [0.25, 0.3) is 10.9 Å². The Morgan fingerprint density at radius 1 is 1.27 bits per heavy atom. The summed E-state index contributed by atoms with van der Waals surface area (Å²) in [6, 6.07) is 10.4. The number of thiophene rings is 1. The number of carbonyl (C=O) groups excluding carboxylic acids is 2. The molecule has 1 aliphatic rings. The molecule has 3 aromatic rings. The van der Waals surface area contributed by atoms with Crippen LogP contribution in [0.1, 0.15) is 43.2 Å². The Hall–Kier alpha value is -2.60. The van der Waals surface area contributed by atoms with E-state index >= 15 is 0 Å². The maximum Gasteiger partial charge on any atom is 0.310 e. The fourth-order valence-electron chi connectivity index (χ4n) is 4.49. The van der Waals surface area contributed by atoms with Crippen LogP contribution in [-0.2, 0) is 21.4 Å². The van der Waals surface area contributed by atoms with Crippen LogP contribution in [0.3, 0.4) is 0 Å². The molecule has 30 heavy (non-hydrogen) atoms. The Labute approximate surface area is 181 Å². The fraction of sp³-hybridized carbons (Fsp3) is 0.417. The van der Waals surface area contributed by atoms with E-state index in [-0.39, 0.29) is 23.7 Å². The van der Waals surface area contributed by atoms with Crippen molar-refractivity contribution < 1.29 is 14.3 Å². The van der Waals surface area contributed by atoms with Crippen LogP contribution in [-0.4, -0.2) is 41.0 Å². The van der Waals surface area contributed by atoms with Crippen LogP contribution in [0.4, 0.5) is 0 Å². The molecule has 158 valence electrons. The van der Waals surface area contributed by atoms with E-state index < -0.39 is 0 Å². The lowest BCUT2D eigenvalue weighted by Crippen LogP contribution is -2.43. The summed E-state index contributed by atoms with van der Waals surface area (Å²) in [5, 5.41) is 5.39. The number of para-hydroxylation sites is 1. The van der Waals surface area contributed by atoms with Crippen LogP contribution in [0.15, 0.2) is 47.3 Å². The average Bonchev–Trinajstić information content (AvgIpc) is 3.41. The molecule has 0 bridgehead atoms. The number of fused-ring (bicyclic) bond motifs is 1. The number of amides is 1. The number of aryl methyl sites for hydroxylation is 1. The number of hydrogen-bond acceptors (Lipinski definition) is 4. The van der Waals surface area contributed by atoms with Gasteiger partial charge in [0.25, 0.3) is 0 Å². The summed E-state index contributed by atoms with van der Waals surface area (Å²) >= 11 is 1.65. The second-order valence-corrected chi connectivity index (χ2v) is 8.74. The van der Waals surface area contributed by atoms with Gasteiger partial charge in [0, 0.05) is 49.6 Å². The summed E-state index contributed by atoms with van der Waals surface area (Å²) in [4.78, 5) is 27.4. The van der Waals surface area contributed by atoms with Gasteiger partial charge in [0.05, 0.1) is 12.5 Å². The molecule has 0 spiro atoms. The molecule has 2 unspecified atom stereocenters. The van der Waals surface area contributed by atoms with Crippen molar-refractivity contribution in [3.05, 3.63) is 58.4 Å². The predicted octanol–water partition coefficient (Wildman–Crippen LogP) is 4.56. The lowest BCUT2D eigenvalue weighted by molar-refractivity contribution is -0.151. The van der Waals surface area contributed by atoms with Crippen LogP contribution < -0.4 is 0 Å². The van der Waals surface area contributed by atoms with Gasteiger partial charge in [-0.2, -0.15) is 11.3 Å². The second-order valence-electron chi connectivity index (χ2n) is 7.96. The van der Waals surface area contributed by atoms with E-state index in [2.05, 4.69) is 39.7 Å². The summed E-state index contributed by atoms with van der Waals surface area (Å²) in [6.07, 6.45) is 4.19. The number of rotatable bonds is 6. The third-order valence-corrected chi connectivity index (χ3v) is 6.72.